The number of nitrogens with one attached hydrogen (secondary N) is 1. The summed E-state index contributed by atoms with van der Waals surface area (Å²) in [6, 6.07) is 10.2. The molecule has 1 N–H and O–H groups in total. The second-order valence-corrected chi connectivity index (χ2v) is 7.94. The van der Waals surface area contributed by atoms with Crippen molar-refractivity contribution in [3.05, 3.63) is 70.1 Å². The van der Waals surface area contributed by atoms with Crippen LogP contribution in [-0.4, -0.2) is 10.9 Å². The lowest BCUT2D eigenvalue weighted by Crippen LogP contribution is -2.24. The maximum atomic E-state index is 12.0. The van der Waals surface area contributed by atoms with E-state index in [0.717, 1.165) is 21.5 Å². The second kappa shape index (κ2) is 8.36. The third kappa shape index (κ3) is 5.21. The van der Waals surface area contributed by atoms with Crippen LogP contribution in [0.15, 0.2) is 50.7 Å². The van der Waals surface area contributed by atoms with Gasteiger partial charge in [0.05, 0.1) is 24.9 Å². The molecular weight excluding hydrogens is 352 g/mol. The van der Waals surface area contributed by atoms with Gasteiger partial charge in [-0.1, -0.05) is 35.5 Å². The molecule has 0 saturated heterocycles. The molecule has 2 aromatic heterocycles. The van der Waals surface area contributed by atoms with Gasteiger partial charge in [0.25, 0.3) is 0 Å². The van der Waals surface area contributed by atoms with Crippen molar-refractivity contribution < 1.29 is 9.21 Å². The van der Waals surface area contributed by atoms with Crippen molar-refractivity contribution >= 4 is 29.0 Å². The number of aryl methyl sites for hydroxylation is 2. The van der Waals surface area contributed by atoms with E-state index in [-0.39, 0.29) is 5.91 Å². The third-order valence-electron chi connectivity index (χ3n) is 3.77. The smallest absolute Gasteiger partial charge is 0.226 e. The van der Waals surface area contributed by atoms with Crippen LogP contribution < -0.4 is 5.32 Å². The van der Waals surface area contributed by atoms with Gasteiger partial charge in [-0.3, -0.25) is 4.79 Å². The summed E-state index contributed by atoms with van der Waals surface area (Å²) in [5.41, 5.74) is 4.71. The van der Waals surface area contributed by atoms with E-state index in [4.69, 9.17) is 4.42 Å². The molecule has 1 aromatic carbocycles. The number of nitrogens with zero attached hydrogens (tertiary/aromatic N) is 1. The molecule has 0 aliphatic heterocycles. The quantitative estimate of drug-likeness (QED) is 0.620. The molecule has 0 aliphatic rings. The van der Waals surface area contributed by atoms with E-state index in [1.165, 1.54) is 16.7 Å². The van der Waals surface area contributed by atoms with Crippen molar-refractivity contribution in [2.24, 2.45) is 0 Å². The summed E-state index contributed by atoms with van der Waals surface area (Å²) in [4.78, 5) is 16.5. The minimum atomic E-state index is -0.0484. The molecule has 0 radical (unpaired) electrons. The Kier molecular flexibility index (Phi) is 5.94. The van der Waals surface area contributed by atoms with E-state index >= 15 is 0 Å². The fourth-order valence-corrected chi connectivity index (χ4v) is 4.26. The van der Waals surface area contributed by atoms with Crippen LogP contribution in [0.2, 0.25) is 0 Å². The Hall–Kier alpha value is -2.05. The van der Waals surface area contributed by atoms with Gasteiger partial charge in [0, 0.05) is 11.1 Å². The Labute approximate surface area is 155 Å². The van der Waals surface area contributed by atoms with Gasteiger partial charge in [-0.05, 0) is 37.1 Å². The van der Waals surface area contributed by atoms with Crippen LogP contribution in [0, 0.1) is 13.8 Å². The minimum Gasteiger partial charge on any atom is -0.467 e. The maximum Gasteiger partial charge on any atom is 0.226 e. The van der Waals surface area contributed by atoms with Gasteiger partial charge in [0.2, 0.25) is 5.91 Å². The number of aromatic nitrogens is 1. The first-order valence-corrected chi connectivity index (χ1v) is 9.89. The van der Waals surface area contributed by atoms with Gasteiger partial charge in [-0.2, -0.15) is 0 Å². The number of amides is 1. The van der Waals surface area contributed by atoms with E-state index in [1.54, 1.807) is 35.4 Å². The molecule has 6 heteroatoms. The van der Waals surface area contributed by atoms with Crippen LogP contribution >= 0.6 is 23.1 Å². The number of rotatable bonds is 7. The van der Waals surface area contributed by atoms with Gasteiger partial charge in [-0.25, -0.2) is 4.98 Å². The number of thiazole rings is 1. The average Bonchev–Trinajstić information content (AvgIpc) is 3.25. The van der Waals surface area contributed by atoms with Gasteiger partial charge < -0.3 is 9.73 Å². The Morgan fingerprint density at radius 3 is 3.00 bits per heavy atom. The highest BCUT2D eigenvalue weighted by atomic mass is 32.2. The zero-order chi connectivity index (χ0) is 17.6. The fourth-order valence-electron chi connectivity index (χ4n) is 2.36. The van der Waals surface area contributed by atoms with Gasteiger partial charge in [0.1, 0.15) is 10.1 Å². The van der Waals surface area contributed by atoms with E-state index in [1.807, 2.05) is 11.4 Å². The average molecular weight is 373 g/mol. The summed E-state index contributed by atoms with van der Waals surface area (Å²) in [7, 11) is 0. The second-order valence-electron chi connectivity index (χ2n) is 5.86. The SMILES string of the molecule is Cc1ccc(C)c(CSc2nc(CC(=O)NCc3ccco3)cs2)c1. The highest BCUT2D eigenvalue weighted by molar-refractivity contribution is 8.00. The standard InChI is InChI=1S/C19H20N2O2S2/c1-13-5-6-14(2)15(8-13)11-24-19-21-16(12-25-19)9-18(22)20-10-17-4-3-7-23-17/h3-8,12H,9-11H2,1-2H3,(H,20,22). The van der Waals surface area contributed by atoms with Crippen LogP contribution in [0.5, 0.6) is 0 Å². The lowest BCUT2D eigenvalue weighted by atomic mass is 10.1. The highest BCUT2D eigenvalue weighted by Gasteiger charge is 2.09. The van der Waals surface area contributed by atoms with Crippen molar-refractivity contribution in [2.75, 3.05) is 0 Å². The molecule has 0 bridgehead atoms. The van der Waals surface area contributed by atoms with Crippen LogP contribution in [0.4, 0.5) is 0 Å². The summed E-state index contributed by atoms with van der Waals surface area (Å²) in [5.74, 6) is 1.59. The molecule has 130 valence electrons. The minimum absolute atomic E-state index is 0.0484. The predicted molar refractivity (Wildman–Crippen MR) is 102 cm³/mol. The predicted octanol–water partition coefficient (Wildman–Crippen LogP) is 4.50. The van der Waals surface area contributed by atoms with Crippen LogP contribution in [0.3, 0.4) is 0 Å². The molecule has 25 heavy (non-hydrogen) atoms. The molecular formula is C19H20N2O2S2. The molecule has 0 spiro atoms. The summed E-state index contributed by atoms with van der Waals surface area (Å²) in [6.07, 6.45) is 1.89. The van der Waals surface area contributed by atoms with Crippen molar-refractivity contribution in [3.8, 4) is 0 Å². The molecule has 0 unspecified atom stereocenters. The largest absolute Gasteiger partial charge is 0.467 e. The first-order chi connectivity index (χ1) is 12.1. The molecule has 3 aromatic rings. The van der Waals surface area contributed by atoms with Crippen LogP contribution in [-0.2, 0) is 23.5 Å². The Morgan fingerprint density at radius 2 is 2.20 bits per heavy atom. The van der Waals surface area contributed by atoms with Crippen molar-refractivity contribution in [1.82, 2.24) is 10.3 Å². The van der Waals surface area contributed by atoms with E-state index in [9.17, 15) is 4.79 Å². The zero-order valence-electron chi connectivity index (χ0n) is 14.2. The number of hydrogen-bond donors (Lipinski definition) is 1. The topological polar surface area (TPSA) is 55.1 Å². The van der Waals surface area contributed by atoms with Crippen LogP contribution in [0.25, 0.3) is 0 Å². The van der Waals surface area contributed by atoms with E-state index in [2.05, 4.69) is 42.3 Å². The lowest BCUT2D eigenvalue weighted by Gasteiger charge is -2.05. The van der Waals surface area contributed by atoms with Crippen molar-refractivity contribution in [1.29, 1.82) is 0 Å². The molecule has 0 saturated carbocycles. The lowest BCUT2D eigenvalue weighted by molar-refractivity contribution is -0.120. The summed E-state index contributed by atoms with van der Waals surface area (Å²) in [5, 5.41) is 4.80. The maximum absolute atomic E-state index is 12.0. The summed E-state index contributed by atoms with van der Waals surface area (Å²) in [6.45, 7) is 4.65. The number of furan rings is 1. The first kappa shape index (κ1) is 17.8. The summed E-state index contributed by atoms with van der Waals surface area (Å²) >= 11 is 3.31. The number of carbonyl (C=O) groups is 1. The summed E-state index contributed by atoms with van der Waals surface area (Å²) < 4.78 is 6.19. The number of thioether (sulfide) groups is 1. The molecule has 1 amide bonds. The monoisotopic (exact) mass is 372 g/mol. The Balaban J connectivity index is 1.50. The molecule has 0 fully saturated rings. The van der Waals surface area contributed by atoms with Gasteiger partial charge in [-0.15, -0.1) is 11.3 Å². The number of benzene rings is 1. The molecule has 2 heterocycles. The number of hydrogen-bond acceptors (Lipinski definition) is 5. The van der Waals surface area contributed by atoms with E-state index in [0.29, 0.717) is 13.0 Å². The third-order valence-corrected chi connectivity index (χ3v) is 5.89. The first-order valence-electron chi connectivity index (χ1n) is 8.02. The highest BCUT2D eigenvalue weighted by Crippen LogP contribution is 2.27. The molecule has 3 rings (SSSR count). The molecule has 0 aliphatic carbocycles. The normalized spacial score (nSPS) is 10.8. The molecule has 4 nitrogen and oxygen atoms in total. The van der Waals surface area contributed by atoms with Gasteiger partial charge in [0.15, 0.2) is 0 Å². The Bertz CT molecular complexity index is 841. The van der Waals surface area contributed by atoms with Crippen molar-refractivity contribution in [2.45, 2.75) is 36.9 Å². The van der Waals surface area contributed by atoms with Gasteiger partial charge >= 0.3 is 0 Å². The molecule has 0 atom stereocenters. The zero-order valence-corrected chi connectivity index (χ0v) is 15.9. The van der Waals surface area contributed by atoms with E-state index < -0.39 is 0 Å². The van der Waals surface area contributed by atoms with Crippen LogP contribution in [0.1, 0.15) is 28.1 Å². The fraction of sp³-hybridized carbons (Fsp3) is 0.263. The Morgan fingerprint density at radius 1 is 1.32 bits per heavy atom. The number of carbonyl (C=O) groups excluding carboxylic acids is 1. The van der Waals surface area contributed by atoms with Crippen molar-refractivity contribution in [3.63, 3.8) is 0 Å².